The summed E-state index contributed by atoms with van der Waals surface area (Å²) in [6.07, 6.45) is -0.490. The van der Waals surface area contributed by atoms with Crippen molar-refractivity contribution >= 4 is 40.8 Å². The number of nitrogen functional groups attached to an aromatic ring is 1. The van der Waals surface area contributed by atoms with E-state index in [0.29, 0.717) is 0 Å². The van der Waals surface area contributed by atoms with Crippen LogP contribution in [0.25, 0.3) is 0 Å². The van der Waals surface area contributed by atoms with Gasteiger partial charge in [-0.3, -0.25) is 9.59 Å². The van der Waals surface area contributed by atoms with Crippen molar-refractivity contribution in [1.82, 2.24) is 5.32 Å². The third-order valence-electron chi connectivity index (χ3n) is 2.50. The number of carboxylic acids is 1. The number of aliphatic carboxylic acids is 1. The number of carbonyl (C=O) groups excluding carboxylic acids is 1. The summed E-state index contributed by atoms with van der Waals surface area (Å²) < 4.78 is 0. The maximum Gasteiger partial charge on any atom is 0.306 e. The van der Waals surface area contributed by atoms with Crippen LogP contribution in [0.1, 0.15) is 23.7 Å². The SMILES string of the molecule is CC(O)(CNC(=O)c1cc(Cl)c(N)c(Cl)c1)CC(=O)O. The molecule has 0 fully saturated rings. The van der Waals surface area contributed by atoms with Gasteiger partial charge in [0, 0.05) is 12.1 Å². The smallest absolute Gasteiger partial charge is 0.306 e. The molecule has 1 amide bonds. The van der Waals surface area contributed by atoms with Gasteiger partial charge >= 0.3 is 5.97 Å². The van der Waals surface area contributed by atoms with E-state index in [1.165, 1.54) is 19.1 Å². The summed E-state index contributed by atoms with van der Waals surface area (Å²) in [6.45, 7) is 1.09. The molecule has 0 spiro atoms. The molecule has 1 unspecified atom stereocenters. The number of amides is 1. The van der Waals surface area contributed by atoms with Crippen LogP contribution < -0.4 is 11.1 Å². The van der Waals surface area contributed by atoms with Crippen LogP contribution in [-0.2, 0) is 4.79 Å². The Labute approximate surface area is 125 Å². The lowest BCUT2D eigenvalue weighted by atomic mass is 10.0. The third-order valence-corrected chi connectivity index (χ3v) is 3.13. The summed E-state index contributed by atoms with van der Waals surface area (Å²) in [5.41, 5.74) is 4.33. The van der Waals surface area contributed by atoms with Crippen LogP contribution in [0, 0.1) is 0 Å². The lowest BCUT2D eigenvalue weighted by Crippen LogP contribution is -2.42. The second-order valence-corrected chi connectivity index (χ2v) is 5.42. The Morgan fingerprint density at radius 2 is 1.85 bits per heavy atom. The van der Waals surface area contributed by atoms with Gasteiger partial charge in [0.2, 0.25) is 0 Å². The monoisotopic (exact) mass is 320 g/mol. The number of halogens is 2. The number of benzene rings is 1. The summed E-state index contributed by atoms with van der Waals surface area (Å²) in [5.74, 6) is -1.71. The number of nitrogens with two attached hydrogens (primary N) is 1. The van der Waals surface area contributed by atoms with E-state index in [4.69, 9.17) is 34.0 Å². The van der Waals surface area contributed by atoms with E-state index in [9.17, 15) is 14.7 Å². The molecule has 1 atom stereocenters. The van der Waals surface area contributed by atoms with Gasteiger partial charge in [-0.1, -0.05) is 23.2 Å². The van der Waals surface area contributed by atoms with E-state index >= 15 is 0 Å². The molecule has 110 valence electrons. The maximum atomic E-state index is 11.9. The number of nitrogens with one attached hydrogen (secondary N) is 1. The summed E-state index contributed by atoms with van der Waals surface area (Å²) in [5, 5.41) is 21.1. The zero-order chi connectivity index (χ0) is 15.5. The molecule has 8 heteroatoms. The second-order valence-electron chi connectivity index (χ2n) is 4.60. The minimum absolute atomic E-state index is 0.139. The summed E-state index contributed by atoms with van der Waals surface area (Å²) in [7, 11) is 0. The zero-order valence-electron chi connectivity index (χ0n) is 10.6. The normalized spacial score (nSPS) is 13.6. The number of carboxylic acid groups (broad SMARTS) is 1. The first kappa shape index (κ1) is 16.6. The number of rotatable bonds is 5. The molecule has 0 aliphatic heterocycles. The van der Waals surface area contributed by atoms with Gasteiger partial charge in [-0.25, -0.2) is 0 Å². The quantitative estimate of drug-likeness (QED) is 0.614. The van der Waals surface area contributed by atoms with Gasteiger partial charge in [0.1, 0.15) is 0 Å². The van der Waals surface area contributed by atoms with Gasteiger partial charge in [0.05, 0.1) is 27.8 Å². The van der Waals surface area contributed by atoms with Crippen LogP contribution in [0.3, 0.4) is 0 Å². The van der Waals surface area contributed by atoms with Crippen molar-refractivity contribution in [1.29, 1.82) is 0 Å². The molecule has 0 radical (unpaired) electrons. The van der Waals surface area contributed by atoms with Gasteiger partial charge in [0.15, 0.2) is 0 Å². The van der Waals surface area contributed by atoms with Gasteiger partial charge in [0.25, 0.3) is 5.91 Å². The summed E-state index contributed by atoms with van der Waals surface area (Å²) >= 11 is 11.6. The molecule has 0 aliphatic rings. The minimum Gasteiger partial charge on any atom is -0.481 e. The fourth-order valence-electron chi connectivity index (χ4n) is 1.48. The van der Waals surface area contributed by atoms with Crippen molar-refractivity contribution < 1.29 is 19.8 Å². The summed E-state index contributed by atoms with van der Waals surface area (Å²) in [4.78, 5) is 22.4. The number of carbonyl (C=O) groups is 2. The highest BCUT2D eigenvalue weighted by atomic mass is 35.5. The predicted octanol–water partition coefficient (Wildman–Crippen LogP) is 1.53. The highest BCUT2D eigenvalue weighted by Crippen LogP contribution is 2.28. The Morgan fingerprint density at radius 1 is 1.35 bits per heavy atom. The average molecular weight is 321 g/mol. The topological polar surface area (TPSA) is 113 Å². The van der Waals surface area contributed by atoms with Crippen molar-refractivity contribution in [2.24, 2.45) is 0 Å². The van der Waals surface area contributed by atoms with Gasteiger partial charge in [-0.2, -0.15) is 0 Å². The lowest BCUT2D eigenvalue weighted by molar-refractivity contribution is -0.141. The van der Waals surface area contributed by atoms with Crippen LogP contribution in [0.4, 0.5) is 5.69 Å². The molecule has 0 saturated carbocycles. The molecule has 1 rings (SSSR count). The molecule has 0 aromatic heterocycles. The molecular weight excluding hydrogens is 307 g/mol. The Balaban J connectivity index is 2.75. The molecule has 1 aromatic carbocycles. The van der Waals surface area contributed by atoms with E-state index in [2.05, 4.69) is 5.32 Å². The molecule has 20 heavy (non-hydrogen) atoms. The largest absolute Gasteiger partial charge is 0.481 e. The highest BCUT2D eigenvalue weighted by Gasteiger charge is 2.25. The fraction of sp³-hybridized carbons (Fsp3) is 0.333. The van der Waals surface area contributed by atoms with Crippen LogP contribution >= 0.6 is 23.2 Å². The summed E-state index contributed by atoms with van der Waals surface area (Å²) in [6, 6.07) is 2.67. The predicted molar refractivity (Wildman–Crippen MR) is 76.1 cm³/mol. The van der Waals surface area contributed by atoms with Crippen LogP contribution in [0.2, 0.25) is 10.0 Å². The molecule has 0 bridgehead atoms. The standard InChI is InChI=1S/C12H14Cl2N2O4/c1-12(20,4-9(17)18)5-16-11(19)6-2-7(13)10(15)8(14)3-6/h2-3,20H,4-5,15H2,1H3,(H,16,19)(H,17,18). The highest BCUT2D eigenvalue weighted by molar-refractivity contribution is 6.39. The fourth-order valence-corrected chi connectivity index (χ4v) is 1.96. The van der Waals surface area contributed by atoms with E-state index in [1.807, 2.05) is 0 Å². The van der Waals surface area contributed by atoms with Gasteiger partial charge < -0.3 is 21.3 Å². The van der Waals surface area contributed by atoms with Gasteiger partial charge in [-0.15, -0.1) is 0 Å². The first-order valence-corrected chi connectivity index (χ1v) is 6.35. The molecule has 6 nitrogen and oxygen atoms in total. The molecule has 0 aliphatic carbocycles. The van der Waals surface area contributed by atoms with E-state index in [0.717, 1.165) is 0 Å². The number of hydrogen-bond donors (Lipinski definition) is 4. The zero-order valence-corrected chi connectivity index (χ0v) is 12.1. The average Bonchev–Trinajstić information content (AvgIpc) is 2.31. The maximum absolute atomic E-state index is 11.9. The van der Waals surface area contributed by atoms with Crippen LogP contribution in [0.5, 0.6) is 0 Å². The van der Waals surface area contributed by atoms with Crippen molar-refractivity contribution in [3.63, 3.8) is 0 Å². The Hall–Kier alpha value is -1.50. The second kappa shape index (κ2) is 6.30. The van der Waals surface area contributed by atoms with Crippen LogP contribution in [0.15, 0.2) is 12.1 Å². The molecular formula is C12H14Cl2N2O4. The van der Waals surface area contributed by atoms with Crippen molar-refractivity contribution in [3.05, 3.63) is 27.7 Å². The first-order chi connectivity index (χ1) is 9.12. The number of aliphatic hydroxyl groups is 1. The molecule has 1 aromatic rings. The molecule has 0 saturated heterocycles. The first-order valence-electron chi connectivity index (χ1n) is 5.59. The lowest BCUT2D eigenvalue weighted by Gasteiger charge is -2.21. The van der Waals surface area contributed by atoms with E-state index < -0.39 is 23.9 Å². The Kier molecular flexibility index (Phi) is 5.21. The van der Waals surface area contributed by atoms with E-state index in [-0.39, 0.29) is 27.8 Å². The third kappa shape index (κ3) is 4.56. The van der Waals surface area contributed by atoms with Crippen molar-refractivity contribution in [3.8, 4) is 0 Å². The Morgan fingerprint density at radius 3 is 2.30 bits per heavy atom. The van der Waals surface area contributed by atoms with Crippen LogP contribution in [-0.4, -0.2) is 34.2 Å². The number of hydrogen-bond acceptors (Lipinski definition) is 4. The van der Waals surface area contributed by atoms with Crippen molar-refractivity contribution in [2.75, 3.05) is 12.3 Å². The van der Waals surface area contributed by atoms with Crippen molar-refractivity contribution in [2.45, 2.75) is 18.9 Å². The van der Waals surface area contributed by atoms with E-state index in [1.54, 1.807) is 0 Å². The molecule has 5 N–H and O–H groups in total. The minimum atomic E-state index is -1.55. The molecule has 0 heterocycles. The number of anilines is 1. The van der Waals surface area contributed by atoms with Gasteiger partial charge in [-0.05, 0) is 19.1 Å². The Bertz CT molecular complexity index is 523.